The van der Waals surface area contributed by atoms with Crippen molar-refractivity contribution in [1.29, 1.82) is 0 Å². The van der Waals surface area contributed by atoms with Gasteiger partial charge in [0.1, 0.15) is 4.88 Å². The highest BCUT2D eigenvalue weighted by Crippen LogP contribution is 2.26. The Morgan fingerprint density at radius 1 is 1.18 bits per heavy atom. The van der Waals surface area contributed by atoms with E-state index in [0.717, 1.165) is 5.69 Å². The molecule has 0 aliphatic carbocycles. The fraction of sp³-hybridized carbons (Fsp3) is 0.133. The number of anilines is 1. The number of methoxy groups -OCH3 is 1. The molecule has 0 unspecified atom stereocenters. The summed E-state index contributed by atoms with van der Waals surface area (Å²) in [6.07, 6.45) is 0. The van der Waals surface area contributed by atoms with E-state index in [1.165, 1.54) is 25.4 Å². The number of Topliss-reactive ketones (excluding diaryl/α,β-unsaturated/α-hetero) is 1. The van der Waals surface area contributed by atoms with Gasteiger partial charge in [0.25, 0.3) is 0 Å². The Morgan fingerprint density at radius 3 is 2.55 bits per heavy atom. The fourth-order valence-electron chi connectivity index (χ4n) is 1.60. The molecule has 0 saturated carbocycles. The predicted octanol–water partition coefficient (Wildman–Crippen LogP) is 2.77. The van der Waals surface area contributed by atoms with Gasteiger partial charge < -0.3 is 4.74 Å². The van der Waals surface area contributed by atoms with Crippen LogP contribution in [0.25, 0.3) is 0 Å². The zero-order valence-corrected chi connectivity index (χ0v) is 12.9. The number of hydrogen-bond acceptors (Lipinski definition) is 6. The van der Waals surface area contributed by atoms with Crippen molar-refractivity contribution in [3.8, 4) is 0 Å². The number of rotatable bonds is 5. The summed E-state index contributed by atoms with van der Waals surface area (Å²) in [5.74, 6) is -0.634. The molecule has 0 fully saturated rings. The molecule has 0 bridgehead atoms. The Hall–Kier alpha value is -2.67. The fourth-order valence-corrected chi connectivity index (χ4v) is 2.35. The van der Waals surface area contributed by atoms with Crippen LogP contribution < -0.4 is 10.9 Å². The number of esters is 1. The molecule has 6 nitrogen and oxygen atoms in total. The molecule has 2 N–H and O–H groups in total. The Kier molecular flexibility index (Phi) is 5.26. The lowest BCUT2D eigenvalue weighted by molar-refractivity contribution is -0.111. The van der Waals surface area contributed by atoms with Gasteiger partial charge in [-0.15, -0.1) is 11.3 Å². The average Bonchev–Trinajstić information content (AvgIpc) is 2.99. The number of hydrogen-bond donors (Lipinski definition) is 2. The molecule has 0 saturated heterocycles. The van der Waals surface area contributed by atoms with Crippen LogP contribution in [0.5, 0.6) is 0 Å². The molecular weight excluding hydrogens is 302 g/mol. The molecule has 2 aromatic rings. The van der Waals surface area contributed by atoms with Gasteiger partial charge in [-0.1, -0.05) is 18.2 Å². The van der Waals surface area contributed by atoms with E-state index < -0.39 is 5.97 Å². The second-order valence-electron chi connectivity index (χ2n) is 4.26. The summed E-state index contributed by atoms with van der Waals surface area (Å²) >= 11 is 1.21. The maximum absolute atomic E-state index is 11.7. The molecule has 0 aliphatic heterocycles. The molecule has 114 valence electrons. The van der Waals surface area contributed by atoms with Crippen molar-refractivity contribution in [3.63, 3.8) is 0 Å². The molecule has 1 heterocycles. The second kappa shape index (κ2) is 7.37. The highest BCUT2D eigenvalue weighted by Gasteiger charge is 2.15. The van der Waals surface area contributed by atoms with Gasteiger partial charge >= 0.3 is 5.97 Å². The van der Waals surface area contributed by atoms with Crippen molar-refractivity contribution >= 4 is 40.3 Å². The van der Waals surface area contributed by atoms with E-state index in [4.69, 9.17) is 0 Å². The molecular formula is C15H15N3O3S. The zero-order valence-electron chi connectivity index (χ0n) is 12.1. The summed E-state index contributed by atoms with van der Waals surface area (Å²) in [6.45, 7) is 1.39. The third-order valence-electron chi connectivity index (χ3n) is 2.68. The summed E-state index contributed by atoms with van der Waals surface area (Å²) in [6, 6.07) is 11.0. The van der Waals surface area contributed by atoms with E-state index in [1.807, 2.05) is 30.3 Å². The molecule has 0 radical (unpaired) electrons. The molecule has 0 atom stereocenters. The van der Waals surface area contributed by atoms with Gasteiger partial charge in [0.2, 0.25) is 0 Å². The van der Waals surface area contributed by atoms with Crippen LogP contribution in [-0.2, 0) is 9.53 Å². The lowest BCUT2D eigenvalue weighted by Gasteiger charge is -2.10. The van der Waals surface area contributed by atoms with E-state index in [9.17, 15) is 9.59 Å². The summed E-state index contributed by atoms with van der Waals surface area (Å²) in [5, 5.41) is 1.72. The number of hydrazine groups is 1. The third-order valence-corrected chi connectivity index (χ3v) is 3.56. The summed E-state index contributed by atoms with van der Waals surface area (Å²) in [5.41, 5.74) is 6.83. The maximum Gasteiger partial charge on any atom is 0.350 e. The minimum atomic E-state index is -0.479. The van der Waals surface area contributed by atoms with Gasteiger partial charge in [0, 0.05) is 6.92 Å². The lowest BCUT2D eigenvalue weighted by Crippen LogP contribution is -2.34. The SMILES string of the molecule is COC(=O)c1sccc1N=C(NNc1ccccc1)C(C)=O. The van der Waals surface area contributed by atoms with Crippen molar-refractivity contribution in [2.75, 3.05) is 12.5 Å². The minimum absolute atomic E-state index is 0.104. The van der Waals surface area contributed by atoms with Gasteiger partial charge in [0.15, 0.2) is 11.6 Å². The number of ether oxygens (including phenoxy) is 1. The van der Waals surface area contributed by atoms with Crippen LogP contribution in [0.1, 0.15) is 16.6 Å². The van der Waals surface area contributed by atoms with E-state index >= 15 is 0 Å². The first-order valence-electron chi connectivity index (χ1n) is 6.44. The Bertz CT molecular complexity index is 695. The standard InChI is InChI=1S/C15H15N3O3S/c1-10(19)14(18-17-11-6-4-3-5-7-11)16-12-8-9-22-13(12)15(20)21-2/h3-9,17H,1-2H3,(H,16,18). The van der Waals surface area contributed by atoms with Crippen LogP contribution >= 0.6 is 11.3 Å². The first-order chi connectivity index (χ1) is 10.6. The number of carbonyl (C=O) groups excluding carboxylic acids is 2. The van der Waals surface area contributed by atoms with Crippen LogP contribution in [0.2, 0.25) is 0 Å². The van der Waals surface area contributed by atoms with Crippen LogP contribution in [-0.4, -0.2) is 24.7 Å². The lowest BCUT2D eigenvalue weighted by atomic mass is 10.3. The summed E-state index contributed by atoms with van der Waals surface area (Å²) in [7, 11) is 1.30. The zero-order chi connectivity index (χ0) is 15.9. The predicted molar refractivity (Wildman–Crippen MR) is 86.6 cm³/mol. The minimum Gasteiger partial charge on any atom is -0.465 e. The molecule has 0 aliphatic rings. The molecule has 0 amide bonds. The summed E-state index contributed by atoms with van der Waals surface area (Å²) < 4.78 is 4.69. The average molecular weight is 317 g/mol. The number of ketones is 1. The highest BCUT2D eigenvalue weighted by molar-refractivity contribution is 7.12. The van der Waals surface area contributed by atoms with Crippen molar-refractivity contribution in [1.82, 2.24) is 5.43 Å². The highest BCUT2D eigenvalue weighted by atomic mass is 32.1. The molecule has 0 spiro atoms. The second-order valence-corrected chi connectivity index (χ2v) is 5.18. The number of thiophene rings is 1. The van der Waals surface area contributed by atoms with Crippen molar-refractivity contribution < 1.29 is 14.3 Å². The first kappa shape index (κ1) is 15.7. The number of nitrogens with one attached hydrogen (secondary N) is 2. The third kappa shape index (κ3) is 3.92. The number of para-hydroxylation sites is 1. The van der Waals surface area contributed by atoms with Crippen LogP contribution in [0.15, 0.2) is 46.8 Å². The van der Waals surface area contributed by atoms with Gasteiger partial charge in [-0.05, 0) is 23.6 Å². The van der Waals surface area contributed by atoms with E-state index in [1.54, 1.807) is 11.4 Å². The maximum atomic E-state index is 11.7. The monoisotopic (exact) mass is 317 g/mol. The van der Waals surface area contributed by atoms with E-state index in [-0.39, 0.29) is 11.6 Å². The number of carbonyl (C=O) groups is 2. The summed E-state index contributed by atoms with van der Waals surface area (Å²) in [4.78, 5) is 27.9. The van der Waals surface area contributed by atoms with Crippen LogP contribution in [0.3, 0.4) is 0 Å². The molecule has 7 heteroatoms. The van der Waals surface area contributed by atoms with E-state index in [2.05, 4.69) is 20.6 Å². The van der Waals surface area contributed by atoms with Crippen molar-refractivity contribution in [3.05, 3.63) is 46.7 Å². The Balaban J connectivity index is 2.19. The topological polar surface area (TPSA) is 79.8 Å². The number of benzene rings is 1. The van der Waals surface area contributed by atoms with Crippen molar-refractivity contribution in [2.24, 2.45) is 4.99 Å². The largest absolute Gasteiger partial charge is 0.465 e. The van der Waals surface area contributed by atoms with Gasteiger partial charge in [-0.3, -0.25) is 15.6 Å². The Labute approximate surface area is 131 Å². The smallest absolute Gasteiger partial charge is 0.350 e. The first-order valence-corrected chi connectivity index (χ1v) is 7.32. The molecule has 1 aromatic heterocycles. The Morgan fingerprint density at radius 2 is 1.91 bits per heavy atom. The van der Waals surface area contributed by atoms with E-state index in [0.29, 0.717) is 10.6 Å². The number of amidine groups is 1. The molecule has 1 aromatic carbocycles. The normalized spacial score (nSPS) is 10.9. The number of aliphatic imine (C=N–C) groups is 1. The molecule has 2 rings (SSSR count). The van der Waals surface area contributed by atoms with Crippen LogP contribution in [0.4, 0.5) is 11.4 Å². The quantitative estimate of drug-likeness (QED) is 0.384. The number of nitrogens with zero attached hydrogens (tertiary/aromatic N) is 1. The van der Waals surface area contributed by atoms with Gasteiger partial charge in [0.05, 0.1) is 18.5 Å². The van der Waals surface area contributed by atoms with Gasteiger partial charge in [-0.25, -0.2) is 9.79 Å². The molecule has 22 heavy (non-hydrogen) atoms. The van der Waals surface area contributed by atoms with Gasteiger partial charge in [-0.2, -0.15) is 0 Å². The van der Waals surface area contributed by atoms with Crippen molar-refractivity contribution in [2.45, 2.75) is 6.92 Å². The van der Waals surface area contributed by atoms with Crippen LogP contribution in [0, 0.1) is 0 Å².